The van der Waals surface area contributed by atoms with Gasteiger partial charge in [0.05, 0.1) is 0 Å². The summed E-state index contributed by atoms with van der Waals surface area (Å²) in [7, 11) is 0. The molecule has 3 unspecified atom stereocenters. The summed E-state index contributed by atoms with van der Waals surface area (Å²) in [6.07, 6.45) is 3.30. The van der Waals surface area contributed by atoms with Gasteiger partial charge in [0.25, 0.3) is 0 Å². The SMILES string of the molecule is CC1CC1CNC1CCc2c(F)cccc21. The minimum absolute atomic E-state index is 0.0263. The van der Waals surface area contributed by atoms with Crippen LogP contribution in [0.15, 0.2) is 18.2 Å². The fourth-order valence-corrected chi connectivity index (χ4v) is 2.80. The summed E-state index contributed by atoms with van der Waals surface area (Å²) in [5.74, 6) is 1.72. The average molecular weight is 219 g/mol. The molecule has 1 aromatic rings. The zero-order valence-corrected chi connectivity index (χ0v) is 9.67. The second kappa shape index (κ2) is 3.85. The molecule has 1 fully saturated rings. The van der Waals surface area contributed by atoms with Crippen molar-refractivity contribution >= 4 is 0 Å². The molecule has 0 amide bonds. The van der Waals surface area contributed by atoms with Crippen LogP contribution >= 0.6 is 0 Å². The van der Waals surface area contributed by atoms with E-state index in [0.717, 1.165) is 36.8 Å². The summed E-state index contributed by atoms with van der Waals surface area (Å²) in [6, 6.07) is 5.86. The van der Waals surface area contributed by atoms with Crippen LogP contribution in [0.4, 0.5) is 4.39 Å². The van der Waals surface area contributed by atoms with Crippen molar-refractivity contribution in [2.45, 2.75) is 32.2 Å². The highest BCUT2D eigenvalue weighted by Gasteiger charge is 2.33. The Labute approximate surface area is 96.1 Å². The van der Waals surface area contributed by atoms with E-state index in [1.165, 1.54) is 12.0 Å². The zero-order valence-electron chi connectivity index (χ0n) is 9.67. The van der Waals surface area contributed by atoms with Gasteiger partial charge in [-0.05, 0) is 54.8 Å². The summed E-state index contributed by atoms with van der Waals surface area (Å²) in [6.45, 7) is 3.40. The first-order valence-electron chi connectivity index (χ1n) is 6.26. The summed E-state index contributed by atoms with van der Waals surface area (Å²) < 4.78 is 13.5. The van der Waals surface area contributed by atoms with Crippen LogP contribution in [0.5, 0.6) is 0 Å². The average Bonchev–Trinajstić information content (AvgIpc) is 2.82. The standard InChI is InChI=1S/C14H18FN/c1-9-7-10(9)8-16-14-6-5-11-12(14)3-2-4-13(11)15/h2-4,9-10,14,16H,5-8H2,1H3. The first-order valence-corrected chi connectivity index (χ1v) is 6.26. The van der Waals surface area contributed by atoms with Crippen molar-refractivity contribution in [2.24, 2.45) is 11.8 Å². The van der Waals surface area contributed by atoms with Crippen molar-refractivity contribution in [3.63, 3.8) is 0 Å². The highest BCUT2D eigenvalue weighted by Crippen LogP contribution is 2.38. The molecular weight excluding hydrogens is 201 g/mol. The molecular formula is C14H18FN. The first-order chi connectivity index (χ1) is 7.75. The fraction of sp³-hybridized carbons (Fsp3) is 0.571. The molecule has 2 heteroatoms. The van der Waals surface area contributed by atoms with Crippen LogP contribution in [0.25, 0.3) is 0 Å². The number of benzene rings is 1. The second-order valence-electron chi connectivity index (χ2n) is 5.28. The summed E-state index contributed by atoms with van der Waals surface area (Å²) in [5.41, 5.74) is 2.12. The van der Waals surface area contributed by atoms with Crippen LogP contribution in [-0.2, 0) is 6.42 Å². The molecule has 0 spiro atoms. The minimum atomic E-state index is -0.0263. The lowest BCUT2D eigenvalue weighted by Crippen LogP contribution is -2.22. The van der Waals surface area contributed by atoms with Gasteiger partial charge in [-0.25, -0.2) is 4.39 Å². The van der Waals surface area contributed by atoms with Gasteiger partial charge in [-0.3, -0.25) is 0 Å². The summed E-state index contributed by atoms with van der Waals surface area (Å²) in [5, 5.41) is 3.59. The van der Waals surface area contributed by atoms with E-state index in [9.17, 15) is 4.39 Å². The van der Waals surface area contributed by atoms with Gasteiger partial charge in [-0.1, -0.05) is 19.1 Å². The van der Waals surface area contributed by atoms with Crippen molar-refractivity contribution in [1.29, 1.82) is 0 Å². The number of fused-ring (bicyclic) bond motifs is 1. The van der Waals surface area contributed by atoms with Gasteiger partial charge in [-0.2, -0.15) is 0 Å². The molecule has 0 saturated heterocycles. The van der Waals surface area contributed by atoms with Crippen molar-refractivity contribution in [3.05, 3.63) is 35.1 Å². The summed E-state index contributed by atoms with van der Waals surface area (Å²) >= 11 is 0. The highest BCUT2D eigenvalue weighted by atomic mass is 19.1. The highest BCUT2D eigenvalue weighted by molar-refractivity contribution is 5.35. The lowest BCUT2D eigenvalue weighted by atomic mass is 10.1. The molecule has 3 rings (SSSR count). The molecule has 2 aliphatic rings. The van der Waals surface area contributed by atoms with Crippen LogP contribution in [0, 0.1) is 17.7 Å². The van der Waals surface area contributed by atoms with Gasteiger partial charge < -0.3 is 5.32 Å². The molecule has 0 aliphatic heterocycles. The van der Waals surface area contributed by atoms with Crippen molar-refractivity contribution in [2.75, 3.05) is 6.54 Å². The molecule has 16 heavy (non-hydrogen) atoms. The van der Waals surface area contributed by atoms with E-state index in [0.29, 0.717) is 6.04 Å². The maximum atomic E-state index is 13.5. The third-order valence-corrected chi connectivity index (χ3v) is 4.12. The number of halogens is 1. The minimum Gasteiger partial charge on any atom is -0.310 e. The van der Waals surface area contributed by atoms with Crippen LogP contribution < -0.4 is 5.32 Å². The van der Waals surface area contributed by atoms with Gasteiger partial charge in [0.2, 0.25) is 0 Å². The molecule has 0 aromatic heterocycles. The molecule has 1 aromatic carbocycles. The maximum Gasteiger partial charge on any atom is 0.126 e. The van der Waals surface area contributed by atoms with E-state index < -0.39 is 0 Å². The molecule has 0 bridgehead atoms. The first kappa shape index (κ1) is 10.3. The Morgan fingerprint density at radius 3 is 3.00 bits per heavy atom. The van der Waals surface area contributed by atoms with Gasteiger partial charge in [-0.15, -0.1) is 0 Å². The van der Waals surface area contributed by atoms with E-state index in [-0.39, 0.29) is 5.82 Å². The van der Waals surface area contributed by atoms with Gasteiger partial charge in [0.1, 0.15) is 5.82 Å². The Kier molecular flexibility index (Phi) is 2.47. The van der Waals surface area contributed by atoms with Crippen LogP contribution in [-0.4, -0.2) is 6.54 Å². The van der Waals surface area contributed by atoms with Crippen molar-refractivity contribution in [3.8, 4) is 0 Å². The Bertz CT molecular complexity index is 402. The monoisotopic (exact) mass is 219 g/mol. The van der Waals surface area contributed by atoms with Crippen LogP contribution in [0.2, 0.25) is 0 Å². The molecule has 3 atom stereocenters. The number of rotatable bonds is 3. The molecule has 86 valence electrons. The molecule has 0 heterocycles. The Hall–Kier alpha value is -0.890. The number of hydrogen-bond donors (Lipinski definition) is 1. The maximum absolute atomic E-state index is 13.5. The van der Waals surface area contributed by atoms with E-state index in [1.807, 2.05) is 6.07 Å². The van der Waals surface area contributed by atoms with Gasteiger partial charge in [0.15, 0.2) is 0 Å². The number of nitrogens with one attached hydrogen (secondary N) is 1. The predicted octanol–water partition coefficient (Wildman–Crippen LogP) is 3.06. The van der Waals surface area contributed by atoms with E-state index in [1.54, 1.807) is 6.07 Å². The molecule has 1 nitrogen and oxygen atoms in total. The zero-order chi connectivity index (χ0) is 11.1. The quantitative estimate of drug-likeness (QED) is 0.824. The molecule has 2 aliphatic carbocycles. The largest absolute Gasteiger partial charge is 0.310 e. The van der Waals surface area contributed by atoms with E-state index in [2.05, 4.69) is 18.3 Å². The smallest absolute Gasteiger partial charge is 0.126 e. The fourth-order valence-electron chi connectivity index (χ4n) is 2.80. The topological polar surface area (TPSA) is 12.0 Å². The normalized spacial score (nSPS) is 31.5. The number of hydrogen-bond acceptors (Lipinski definition) is 1. The van der Waals surface area contributed by atoms with E-state index in [4.69, 9.17) is 0 Å². The third kappa shape index (κ3) is 1.75. The predicted molar refractivity (Wildman–Crippen MR) is 62.7 cm³/mol. The summed E-state index contributed by atoms with van der Waals surface area (Å²) in [4.78, 5) is 0. The molecule has 1 saturated carbocycles. The second-order valence-corrected chi connectivity index (χ2v) is 5.28. The van der Waals surface area contributed by atoms with Gasteiger partial charge in [0, 0.05) is 6.04 Å². The molecule has 0 radical (unpaired) electrons. The Balaban J connectivity index is 1.69. The lowest BCUT2D eigenvalue weighted by Gasteiger charge is -2.13. The Morgan fingerprint density at radius 1 is 1.44 bits per heavy atom. The van der Waals surface area contributed by atoms with Crippen LogP contribution in [0.1, 0.15) is 36.9 Å². The Morgan fingerprint density at radius 2 is 2.25 bits per heavy atom. The van der Waals surface area contributed by atoms with Crippen molar-refractivity contribution < 1.29 is 4.39 Å². The molecule has 1 N–H and O–H groups in total. The lowest BCUT2D eigenvalue weighted by molar-refractivity contribution is 0.502. The third-order valence-electron chi connectivity index (χ3n) is 4.12. The van der Waals surface area contributed by atoms with Crippen molar-refractivity contribution in [1.82, 2.24) is 5.32 Å². The van der Waals surface area contributed by atoms with E-state index >= 15 is 0 Å². The van der Waals surface area contributed by atoms with Gasteiger partial charge >= 0.3 is 0 Å². The van der Waals surface area contributed by atoms with Crippen LogP contribution in [0.3, 0.4) is 0 Å².